The first-order chi connectivity index (χ1) is 5.40. The normalized spacial score (nSPS) is 40.3. The van der Waals surface area contributed by atoms with Crippen molar-refractivity contribution < 1.29 is 9.47 Å². The molecule has 3 atom stereocenters. The molecule has 0 aromatic heterocycles. The number of methoxy groups -OCH3 is 1. The number of ether oxygens (including phenoxy) is 2. The van der Waals surface area contributed by atoms with Crippen molar-refractivity contribution >= 4 is 0 Å². The van der Waals surface area contributed by atoms with Gasteiger partial charge < -0.3 is 9.47 Å². The van der Waals surface area contributed by atoms with E-state index >= 15 is 0 Å². The second-order valence-electron chi connectivity index (χ2n) is 3.39. The van der Waals surface area contributed by atoms with Crippen LogP contribution in [0.3, 0.4) is 0 Å². The van der Waals surface area contributed by atoms with E-state index in [0.29, 0.717) is 18.8 Å². The smallest absolute Gasteiger partial charge is 0.146 e. The molecule has 0 radical (unpaired) electrons. The summed E-state index contributed by atoms with van der Waals surface area (Å²) in [5.74, 6) is 1.47. The van der Waals surface area contributed by atoms with Gasteiger partial charge in [-0.3, -0.25) is 0 Å². The van der Waals surface area contributed by atoms with Crippen molar-refractivity contribution in [2.75, 3.05) is 13.9 Å². The lowest BCUT2D eigenvalue weighted by atomic mass is 10.1. The number of hydrogen-bond donors (Lipinski definition) is 0. The van der Waals surface area contributed by atoms with Crippen molar-refractivity contribution in [1.82, 2.24) is 0 Å². The van der Waals surface area contributed by atoms with Gasteiger partial charge >= 0.3 is 0 Å². The molecule has 0 spiro atoms. The maximum atomic E-state index is 5.51. The fourth-order valence-corrected chi connectivity index (χ4v) is 2.08. The fraction of sp³-hybridized carbons (Fsp3) is 0.778. The zero-order chi connectivity index (χ0) is 7.68. The van der Waals surface area contributed by atoms with E-state index in [-0.39, 0.29) is 0 Å². The van der Waals surface area contributed by atoms with Gasteiger partial charge in [0.2, 0.25) is 0 Å². The van der Waals surface area contributed by atoms with Crippen LogP contribution in [0.25, 0.3) is 0 Å². The summed E-state index contributed by atoms with van der Waals surface area (Å²) in [4.78, 5) is 0. The van der Waals surface area contributed by atoms with Gasteiger partial charge in [0, 0.05) is 13.0 Å². The SMILES string of the molecule is COCOC1CC2C=CC1C2. The first-order valence-electron chi connectivity index (χ1n) is 4.19. The lowest BCUT2D eigenvalue weighted by Crippen LogP contribution is -2.19. The largest absolute Gasteiger partial charge is 0.359 e. The van der Waals surface area contributed by atoms with Gasteiger partial charge in [0.1, 0.15) is 6.79 Å². The highest BCUT2D eigenvalue weighted by molar-refractivity contribution is 5.10. The van der Waals surface area contributed by atoms with Crippen molar-refractivity contribution in [3.05, 3.63) is 12.2 Å². The Hall–Kier alpha value is -0.340. The molecule has 1 fully saturated rings. The van der Waals surface area contributed by atoms with E-state index in [1.165, 1.54) is 12.8 Å². The molecule has 2 aliphatic rings. The molecule has 1 saturated carbocycles. The van der Waals surface area contributed by atoms with Crippen LogP contribution in [-0.4, -0.2) is 20.0 Å². The van der Waals surface area contributed by atoms with Crippen molar-refractivity contribution in [3.63, 3.8) is 0 Å². The zero-order valence-electron chi connectivity index (χ0n) is 6.82. The highest BCUT2D eigenvalue weighted by Crippen LogP contribution is 2.40. The van der Waals surface area contributed by atoms with E-state index in [9.17, 15) is 0 Å². The first kappa shape index (κ1) is 7.32. The highest BCUT2D eigenvalue weighted by atomic mass is 16.7. The van der Waals surface area contributed by atoms with Gasteiger partial charge in [-0.15, -0.1) is 0 Å². The molecule has 2 rings (SSSR count). The summed E-state index contributed by atoms with van der Waals surface area (Å²) in [7, 11) is 1.67. The van der Waals surface area contributed by atoms with Crippen LogP contribution >= 0.6 is 0 Å². The number of rotatable bonds is 3. The molecule has 0 amide bonds. The van der Waals surface area contributed by atoms with E-state index < -0.39 is 0 Å². The molecule has 11 heavy (non-hydrogen) atoms. The van der Waals surface area contributed by atoms with Gasteiger partial charge in [0.25, 0.3) is 0 Å². The zero-order valence-corrected chi connectivity index (χ0v) is 6.82. The van der Waals surface area contributed by atoms with E-state index in [4.69, 9.17) is 9.47 Å². The summed E-state index contributed by atoms with van der Waals surface area (Å²) in [5, 5.41) is 0. The number of allylic oxidation sites excluding steroid dienone is 1. The summed E-state index contributed by atoms with van der Waals surface area (Å²) in [5.41, 5.74) is 0. The van der Waals surface area contributed by atoms with Crippen LogP contribution in [0.15, 0.2) is 12.2 Å². The molecule has 0 aromatic rings. The van der Waals surface area contributed by atoms with Crippen molar-refractivity contribution in [2.24, 2.45) is 11.8 Å². The molecule has 0 saturated heterocycles. The summed E-state index contributed by atoms with van der Waals surface area (Å²) in [6.45, 7) is 0.446. The predicted octanol–water partition coefficient (Wildman–Crippen LogP) is 1.57. The minimum Gasteiger partial charge on any atom is -0.359 e. The molecule has 2 aliphatic carbocycles. The molecule has 0 aromatic carbocycles. The monoisotopic (exact) mass is 154 g/mol. The summed E-state index contributed by atoms with van der Waals surface area (Å²) in [6, 6.07) is 0. The Morgan fingerprint density at radius 2 is 2.27 bits per heavy atom. The molecule has 2 bridgehead atoms. The third-order valence-corrected chi connectivity index (χ3v) is 2.62. The van der Waals surface area contributed by atoms with Crippen molar-refractivity contribution in [2.45, 2.75) is 18.9 Å². The lowest BCUT2D eigenvalue weighted by Gasteiger charge is -2.17. The van der Waals surface area contributed by atoms with Gasteiger partial charge in [-0.1, -0.05) is 12.2 Å². The van der Waals surface area contributed by atoms with Crippen LogP contribution in [0.4, 0.5) is 0 Å². The van der Waals surface area contributed by atoms with Gasteiger partial charge in [0.15, 0.2) is 0 Å². The fourth-order valence-electron chi connectivity index (χ4n) is 2.08. The number of fused-ring (bicyclic) bond motifs is 2. The molecule has 2 nitrogen and oxygen atoms in total. The second-order valence-corrected chi connectivity index (χ2v) is 3.39. The standard InChI is InChI=1S/C9H14O2/c1-10-6-11-9-5-7-2-3-8(9)4-7/h2-3,7-9H,4-6H2,1H3. The van der Waals surface area contributed by atoms with Gasteiger partial charge in [-0.2, -0.15) is 0 Å². The minimum atomic E-state index is 0.435. The van der Waals surface area contributed by atoms with Crippen LogP contribution in [0.1, 0.15) is 12.8 Å². The Balaban J connectivity index is 1.84. The average molecular weight is 154 g/mol. The Morgan fingerprint density at radius 3 is 2.82 bits per heavy atom. The quantitative estimate of drug-likeness (QED) is 0.454. The van der Waals surface area contributed by atoms with Crippen LogP contribution < -0.4 is 0 Å². The van der Waals surface area contributed by atoms with E-state index in [1.54, 1.807) is 7.11 Å². The minimum absolute atomic E-state index is 0.435. The molecular formula is C9H14O2. The maximum absolute atomic E-state index is 5.51. The van der Waals surface area contributed by atoms with Crippen molar-refractivity contribution in [3.8, 4) is 0 Å². The van der Waals surface area contributed by atoms with Gasteiger partial charge in [-0.25, -0.2) is 0 Å². The van der Waals surface area contributed by atoms with E-state index in [1.807, 2.05) is 0 Å². The molecular weight excluding hydrogens is 140 g/mol. The van der Waals surface area contributed by atoms with Crippen molar-refractivity contribution in [1.29, 1.82) is 0 Å². The summed E-state index contributed by atoms with van der Waals surface area (Å²) < 4.78 is 10.4. The third kappa shape index (κ3) is 1.33. The van der Waals surface area contributed by atoms with Crippen LogP contribution in [-0.2, 0) is 9.47 Å². The average Bonchev–Trinajstić information content (AvgIpc) is 2.60. The lowest BCUT2D eigenvalue weighted by molar-refractivity contribution is -0.0792. The first-order valence-corrected chi connectivity index (χ1v) is 4.19. The van der Waals surface area contributed by atoms with Crippen LogP contribution in [0.2, 0.25) is 0 Å². The van der Waals surface area contributed by atoms with Crippen LogP contribution in [0, 0.1) is 11.8 Å². The Morgan fingerprint density at radius 1 is 1.36 bits per heavy atom. The topological polar surface area (TPSA) is 18.5 Å². The molecule has 3 unspecified atom stereocenters. The van der Waals surface area contributed by atoms with Gasteiger partial charge in [0.05, 0.1) is 6.10 Å². The predicted molar refractivity (Wildman–Crippen MR) is 42.1 cm³/mol. The molecule has 0 aliphatic heterocycles. The Labute approximate surface area is 67.2 Å². The molecule has 0 N–H and O–H groups in total. The second kappa shape index (κ2) is 2.95. The molecule has 0 heterocycles. The molecule has 62 valence electrons. The molecule has 2 heteroatoms. The Bertz CT molecular complexity index is 165. The maximum Gasteiger partial charge on any atom is 0.146 e. The summed E-state index contributed by atoms with van der Waals surface area (Å²) in [6.07, 6.45) is 7.54. The number of hydrogen-bond acceptors (Lipinski definition) is 2. The van der Waals surface area contributed by atoms with E-state index in [0.717, 1.165) is 5.92 Å². The third-order valence-electron chi connectivity index (χ3n) is 2.62. The van der Waals surface area contributed by atoms with Crippen LogP contribution in [0.5, 0.6) is 0 Å². The summed E-state index contributed by atoms with van der Waals surface area (Å²) >= 11 is 0. The van der Waals surface area contributed by atoms with E-state index in [2.05, 4.69) is 12.2 Å². The van der Waals surface area contributed by atoms with Gasteiger partial charge in [-0.05, 0) is 18.8 Å². The Kier molecular flexibility index (Phi) is 1.96. The highest BCUT2D eigenvalue weighted by Gasteiger charge is 2.36.